The molecular formula is C12H10Br2FNS. The second-order valence-corrected chi connectivity index (χ2v) is 6.96. The molecule has 1 nitrogen and oxygen atoms in total. The van der Waals surface area contributed by atoms with E-state index in [0.29, 0.717) is 0 Å². The zero-order valence-corrected chi connectivity index (χ0v) is 13.0. The van der Waals surface area contributed by atoms with Crippen molar-refractivity contribution in [1.29, 1.82) is 0 Å². The van der Waals surface area contributed by atoms with Crippen molar-refractivity contribution >= 4 is 48.9 Å². The second kappa shape index (κ2) is 5.50. The van der Waals surface area contributed by atoms with Gasteiger partial charge in [-0.25, -0.2) is 4.39 Å². The maximum Gasteiger partial charge on any atom is 0.123 e. The van der Waals surface area contributed by atoms with Crippen LogP contribution in [0.15, 0.2) is 32.5 Å². The highest BCUT2D eigenvalue weighted by Crippen LogP contribution is 2.32. The first-order valence-electron chi connectivity index (χ1n) is 5.00. The number of halogens is 3. The van der Waals surface area contributed by atoms with Crippen LogP contribution in [0.5, 0.6) is 0 Å². The fourth-order valence-electron chi connectivity index (χ4n) is 1.49. The third kappa shape index (κ3) is 3.30. The van der Waals surface area contributed by atoms with Crippen LogP contribution in [0.1, 0.15) is 10.4 Å². The van der Waals surface area contributed by atoms with Gasteiger partial charge in [-0.3, -0.25) is 0 Å². The molecule has 1 N–H and O–H groups in total. The van der Waals surface area contributed by atoms with Gasteiger partial charge >= 0.3 is 0 Å². The third-order valence-corrected chi connectivity index (χ3v) is 5.59. The zero-order valence-electron chi connectivity index (χ0n) is 9.06. The zero-order chi connectivity index (χ0) is 12.4. The van der Waals surface area contributed by atoms with Gasteiger partial charge in [0.15, 0.2) is 0 Å². The summed E-state index contributed by atoms with van der Waals surface area (Å²) in [6, 6.07) is 6.83. The van der Waals surface area contributed by atoms with Crippen LogP contribution in [-0.4, -0.2) is 0 Å². The SMILES string of the molecule is Cc1cc(F)ccc1NCc1cc(Br)c(Br)s1. The average molecular weight is 379 g/mol. The van der Waals surface area contributed by atoms with E-state index in [0.717, 1.165) is 26.1 Å². The molecule has 0 unspecified atom stereocenters. The molecule has 0 saturated carbocycles. The molecule has 0 aliphatic carbocycles. The summed E-state index contributed by atoms with van der Waals surface area (Å²) in [5.41, 5.74) is 1.88. The van der Waals surface area contributed by atoms with Crippen LogP contribution in [0.3, 0.4) is 0 Å². The van der Waals surface area contributed by atoms with Gasteiger partial charge in [-0.15, -0.1) is 11.3 Å². The fourth-order valence-corrected chi connectivity index (χ4v) is 3.60. The van der Waals surface area contributed by atoms with Gasteiger partial charge in [0.05, 0.1) is 3.79 Å². The standard InChI is InChI=1S/C12H10Br2FNS/c1-7-4-8(15)2-3-11(7)16-6-9-5-10(13)12(14)17-9/h2-5,16H,6H2,1H3. The largest absolute Gasteiger partial charge is 0.380 e. The van der Waals surface area contributed by atoms with Crippen LogP contribution in [-0.2, 0) is 6.54 Å². The predicted molar refractivity (Wildman–Crippen MR) is 78.2 cm³/mol. The lowest BCUT2D eigenvalue weighted by Gasteiger charge is -2.08. The number of nitrogens with one attached hydrogen (secondary N) is 1. The van der Waals surface area contributed by atoms with E-state index < -0.39 is 0 Å². The monoisotopic (exact) mass is 377 g/mol. The van der Waals surface area contributed by atoms with Crippen molar-refractivity contribution in [2.75, 3.05) is 5.32 Å². The Balaban J connectivity index is 2.07. The molecule has 0 radical (unpaired) electrons. The van der Waals surface area contributed by atoms with E-state index in [1.165, 1.54) is 17.0 Å². The van der Waals surface area contributed by atoms with Crippen molar-refractivity contribution < 1.29 is 4.39 Å². The fraction of sp³-hybridized carbons (Fsp3) is 0.167. The maximum absolute atomic E-state index is 12.9. The summed E-state index contributed by atoms with van der Waals surface area (Å²) in [4.78, 5) is 1.22. The minimum Gasteiger partial charge on any atom is -0.380 e. The van der Waals surface area contributed by atoms with Gasteiger partial charge in [0.2, 0.25) is 0 Å². The molecule has 2 rings (SSSR count). The van der Waals surface area contributed by atoms with E-state index in [1.54, 1.807) is 17.4 Å². The van der Waals surface area contributed by atoms with Crippen molar-refractivity contribution in [1.82, 2.24) is 0 Å². The molecule has 17 heavy (non-hydrogen) atoms. The van der Waals surface area contributed by atoms with Gasteiger partial charge in [0.25, 0.3) is 0 Å². The van der Waals surface area contributed by atoms with Gasteiger partial charge in [-0.2, -0.15) is 0 Å². The molecule has 0 spiro atoms. The van der Waals surface area contributed by atoms with E-state index in [-0.39, 0.29) is 5.82 Å². The smallest absolute Gasteiger partial charge is 0.123 e. The molecule has 0 atom stereocenters. The number of aryl methyl sites for hydroxylation is 1. The highest BCUT2D eigenvalue weighted by molar-refractivity contribution is 9.13. The summed E-state index contributed by atoms with van der Waals surface area (Å²) < 4.78 is 15.1. The minimum atomic E-state index is -0.199. The summed E-state index contributed by atoms with van der Waals surface area (Å²) in [6.07, 6.45) is 0. The van der Waals surface area contributed by atoms with Gasteiger partial charge in [0.1, 0.15) is 5.82 Å². The lowest BCUT2D eigenvalue weighted by Crippen LogP contribution is -1.99. The first kappa shape index (κ1) is 13.1. The molecule has 0 bridgehead atoms. The van der Waals surface area contributed by atoms with Crippen LogP contribution in [0.25, 0.3) is 0 Å². The molecule has 1 heterocycles. The summed E-state index contributed by atoms with van der Waals surface area (Å²) >= 11 is 8.59. The van der Waals surface area contributed by atoms with Crippen LogP contribution in [0, 0.1) is 12.7 Å². The van der Waals surface area contributed by atoms with E-state index >= 15 is 0 Å². The van der Waals surface area contributed by atoms with Crippen LogP contribution >= 0.6 is 43.2 Å². The number of thiophene rings is 1. The molecule has 0 amide bonds. The quantitative estimate of drug-likeness (QED) is 0.760. The first-order valence-corrected chi connectivity index (χ1v) is 7.40. The Hall–Kier alpha value is -0.390. The van der Waals surface area contributed by atoms with Gasteiger partial charge in [0, 0.05) is 21.6 Å². The molecule has 1 aromatic carbocycles. The molecule has 0 fully saturated rings. The first-order chi connectivity index (χ1) is 8.06. The van der Waals surface area contributed by atoms with E-state index in [4.69, 9.17) is 0 Å². The number of anilines is 1. The average Bonchev–Trinajstić information content (AvgIpc) is 2.57. The van der Waals surface area contributed by atoms with E-state index in [1.807, 2.05) is 6.92 Å². The number of hydrogen-bond donors (Lipinski definition) is 1. The summed E-state index contributed by atoms with van der Waals surface area (Å²) in [7, 11) is 0. The van der Waals surface area contributed by atoms with Crippen LogP contribution in [0.2, 0.25) is 0 Å². The van der Waals surface area contributed by atoms with Gasteiger partial charge < -0.3 is 5.32 Å². The Morgan fingerprint density at radius 2 is 2.06 bits per heavy atom. The highest BCUT2D eigenvalue weighted by atomic mass is 79.9. The molecule has 5 heteroatoms. The topological polar surface area (TPSA) is 12.0 Å². The number of benzene rings is 1. The third-order valence-electron chi connectivity index (χ3n) is 2.34. The Kier molecular flexibility index (Phi) is 4.22. The number of rotatable bonds is 3. The Morgan fingerprint density at radius 3 is 2.65 bits per heavy atom. The molecule has 0 aliphatic heterocycles. The Bertz CT molecular complexity index is 520. The molecule has 90 valence electrons. The maximum atomic E-state index is 12.9. The molecule has 0 aliphatic rings. The molecule has 1 aromatic heterocycles. The van der Waals surface area contributed by atoms with E-state index in [2.05, 4.69) is 43.2 Å². The van der Waals surface area contributed by atoms with E-state index in [9.17, 15) is 4.39 Å². The summed E-state index contributed by atoms with van der Waals surface area (Å²) in [5.74, 6) is -0.199. The van der Waals surface area contributed by atoms with Crippen LogP contribution in [0.4, 0.5) is 10.1 Å². The van der Waals surface area contributed by atoms with Crippen molar-refractivity contribution in [3.63, 3.8) is 0 Å². The lowest BCUT2D eigenvalue weighted by atomic mass is 10.2. The Labute approximate surface area is 120 Å². The van der Waals surface area contributed by atoms with Gasteiger partial charge in [-0.1, -0.05) is 0 Å². The molecule has 0 saturated heterocycles. The second-order valence-electron chi connectivity index (χ2n) is 3.65. The van der Waals surface area contributed by atoms with Crippen molar-refractivity contribution in [2.24, 2.45) is 0 Å². The van der Waals surface area contributed by atoms with Crippen molar-refractivity contribution in [3.05, 3.63) is 48.8 Å². The minimum absolute atomic E-state index is 0.199. The lowest BCUT2D eigenvalue weighted by molar-refractivity contribution is 0.627. The van der Waals surface area contributed by atoms with Gasteiger partial charge in [-0.05, 0) is 68.6 Å². The predicted octanol–water partition coefficient (Wildman–Crippen LogP) is 5.33. The Morgan fingerprint density at radius 1 is 1.29 bits per heavy atom. The van der Waals surface area contributed by atoms with Crippen molar-refractivity contribution in [2.45, 2.75) is 13.5 Å². The normalized spacial score (nSPS) is 10.6. The summed E-state index contributed by atoms with van der Waals surface area (Å²) in [5, 5.41) is 3.30. The number of hydrogen-bond acceptors (Lipinski definition) is 2. The van der Waals surface area contributed by atoms with Crippen molar-refractivity contribution in [3.8, 4) is 0 Å². The highest BCUT2D eigenvalue weighted by Gasteiger charge is 2.05. The van der Waals surface area contributed by atoms with Crippen LogP contribution < -0.4 is 5.32 Å². The molecular weight excluding hydrogens is 369 g/mol. The molecule has 2 aromatic rings. The summed E-state index contributed by atoms with van der Waals surface area (Å²) in [6.45, 7) is 2.63.